The predicted molar refractivity (Wildman–Crippen MR) is 118 cm³/mol. The van der Waals surface area contributed by atoms with E-state index in [0.29, 0.717) is 12.2 Å². The van der Waals surface area contributed by atoms with E-state index in [1.165, 1.54) is 24.0 Å². The zero-order valence-corrected chi connectivity index (χ0v) is 16.8. The second-order valence-electron chi connectivity index (χ2n) is 8.03. The van der Waals surface area contributed by atoms with Gasteiger partial charge >= 0.3 is 0 Å². The lowest BCUT2D eigenvalue weighted by Gasteiger charge is -2.16. The van der Waals surface area contributed by atoms with Gasteiger partial charge in [-0.2, -0.15) is 0 Å². The summed E-state index contributed by atoms with van der Waals surface area (Å²) in [5.74, 6) is 0. The Kier molecular flexibility index (Phi) is 4.47. The largest absolute Gasteiger partial charge is 0.344 e. The first-order valence-electron chi connectivity index (χ1n) is 10.5. The second-order valence-corrected chi connectivity index (χ2v) is 8.03. The SMILES string of the molecule is Cc1c(-c2nc3cc4c(cc3[nH]c2=O)CCCC4)c2ccccc2n1CCCN. The van der Waals surface area contributed by atoms with E-state index in [2.05, 4.69) is 40.7 Å². The molecule has 0 amide bonds. The molecule has 0 unspecified atom stereocenters. The van der Waals surface area contributed by atoms with Crippen molar-refractivity contribution in [3.63, 3.8) is 0 Å². The molecule has 29 heavy (non-hydrogen) atoms. The molecule has 0 saturated carbocycles. The molecule has 0 fully saturated rings. The van der Waals surface area contributed by atoms with Crippen molar-refractivity contribution >= 4 is 21.9 Å². The number of nitrogens with two attached hydrogens (primary N) is 1. The molecule has 148 valence electrons. The molecule has 5 rings (SSSR count). The Balaban J connectivity index is 1.75. The zero-order chi connectivity index (χ0) is 20.0. The number of rotatable bonds is 4. The van der Waals surface area contributed by atoms with Gasteiger partial charge in [0.25, 0.3) is 5.56 Å². The average molecular weight is 386 g/mol. The van der Waals surface area contributed by atoms with E-state index >= 15 is 0 Å². The molecule has 5 heteroatoms. The molecule has 0 radical (unpaired) electrons. The average Bonchev–Trinajstić information content (AvgIpc) is 3.01. The zero-order valence-electron chi connectivity index (χ0n) is 16.8. The van der Waals surface area contributed by atoms with Gasteiger partial charge < -0.3 is 15.3 Å². The highest BCUT2D eigenvalue weighted by Crippen LogP contribution is 2.33. The van der Waals surface area contributed by atoms with Crippen molar-refractivity contribution in [2.75, 3.05) is 6.54 Å². The number of aromatic amines is 1. The number of aryl methyl sites for hydroxylation is 3. The number of aromatic nitrogens is 3. The molecule has 1 aliphatic carbocycles. The van der Waals surface area contributed by atoms with Crippen LogP contribution in [0.3, 0.4) is 0 Å². The third-order valence-corrected chi connectivity index (χ3v) is 6.21. The first kappa shape index (κ1) is 18.1. The fourth-order valence-corrected chi connectivity index (χ4v) is 4.75. The normalized spacial score (nSPS) is 13.9. The van der Waals surface area contributed by atoms with E-state index in [4.69, 9.17) is 10.7 Å². The summed E-state index contributed by atoms with van der Waals surface area (Å²) in [6.45, 7) is 3.55. The van der Waals surface area contributed by atoms with Crippen molar-refractivity contribution in [1.29, 1.82) is 0 Å². The van der Waals surface area contributed by atoms with Crippen LogP contribution in [0.1, 0.15) is 36.1 Å². The molecular weight excluding hydrogens is 360 g/mol. The quantitative estimate of drug-likeness (QED) is 0.555. The van der Waals surface area contributed by atoms with Crippen LogP contribution in [0, 0.1) is 6.92 Å². The van der Waals surface area contributed by atoms with Crippen LogP contribution in [-0.4, -0.2) is 21.1 Å². The maximum Gasteiger partial charge on any atom is 0.275 e. The molecule has 5 nitrogen and oxygen atoms in total. The van der Waals surface area contributed by atoms with E-state index in [9.17, 15) is 4.79 Å². The van der Waals surface area contributed by atoms with Gasteiger partial charge in [-0.25, -0.2) is 4.98 Å². The van der Waals surface area contributed by atoms with Gasteiger partial charge in [-0.1, -0.05) is 18.2 Å². The van der Waals surface area contributed by atoms with Crippen molar-refractivity contribution in [1.82, 2.24) is 14.5 Å². The number of nitrogens with zero attached hydrogens (tertiary/aromatic N) is 2. The van der Waals surface area contributed by atoms with E-state index < -0.39 is 0 Å². The van der Waals surface area contributed by atoms with Crippen molar-refractivity contribution in [3.8, 4) is 11.3 Å². The standard InChI is InChI=1S/C24H26N4O/c1-15-22(18-9-4-5-10-21(18)28(15)12-6-11-25)23-24(29)27-20-14-17-8-3-2-7-16(17)13-19(20)26-23/h4-5,9-10,13-14H,2-3,6-8,11-12,25H2,1H3,(H,27,29). The summed E-state index contributed by atoms with van der Waals surface area (Å²) in [7, 11) is 0. The van der Waals surface area contributed by atoms with Crippen LogP contribution in [0.25, 0.3) is 33.2 Å². The Bertz CT molecular complexity index is 1280. The number of benzene rings is 2. The number of hydrogen-bond donors (Lipinski definition) is 2. The van der Waals surface area contributed by atoms with Gasteiger partial charge in [-0.3, -0.25) is 4.79 Å². The van der Waals surface area contributed by atoms with E-state index in [0.717, 1.165) is 59.0 Å². The first-order chi connectivity index (χ1) is 14.2. The van der Waals surface area contributed by atoms with Crippen LogP contribution in [0.15, 0.2) is 41.2 Å². The topological polar surface area (TPSA) is 76.7 Å². The Hall–Kier alpha value is -2.92. The predicted octanol–water partition coefficient (Wildman–Crippen LogP) is 4.08. The number of para-hydroxylation sites is 1. The van der Waals surface area contributed by atoms with E-state index in [-0.39, 0.29) is 5.56 Å². The minimum atomic E-state index is -0.127. The van der Waals surface area contributed by atoms with E-state index in [1.807, 2.05) is 12.1 Å². The summed E-state index contributed by atoms with van der Waals surface area (Å²) >= 11 is 0. The molecule has 2 aromatic heterocycles. The van der Waals surface area contributed by atoms with Crippen molar-refractivity contribution < 1.29 is 0 Å². The van der Waals surface area contributed by atoms with Gasteiger partial charge in [-0.05, 0) is 74.9 Å². The number of hydrogen-bond acceptors (Lipinski definition) is 3. The van der Waals surface area contributed by atoms with Crippen LogP contribution >= 0.6 is 0 Å². The third kappa shape index (κ3) is 2.97. The summed E-state index contributed by atoms with van der Waals surface area (Å²) in [6, 6.07) is 12.5. The highest BCUT2D eigenvalue weighted by Gasteiger charge is 2.20. The molecule has 0 bridgehead atoms. The van der Waals surface area contributed by atoms with Crippen LogP contribution in [0.5, 0.6) is 0 Å². The van der Waals surface area contributed by atoms with Gasteiger partial charge in [0.1, 0.15) is 5.69 Å². The van der Waals surface area contributed by atoms with Gasteiger partial charge in [0.2, 0.25) is 0 Å². The fourth-order valence-electron chi connectivity index (χ4n) is 4.75. The Morgan fingerprint density at radius 1 is 1.14 bits per heavy atom. The second kappa shape index (κ2) is 7.16. The van der Waals surface area contributed by atoms with Crippen molar-refractivity contribution in [3.05, 3.63) is 63.6 Å². The molecular formula is C24H26N4O. The Morgan fingerprint density at radius 2 is 1.90 bits per heavy atom. The highest BCUT2D eigenvalue weighted by molar-refractivity contribution is 5.97. The lowest BCUT2D eigenvalue weighted by atomic mass is 9.91. The van der Waals surface area contributed by atoms with Crippen LogP contribution in [-0.2, 0) is 19.4 Å². The number of nitrogens with one attached hydrogen (secondary N) is 1. The smallest absolute Gasteiger partial charge is 0.275 e. The van der Waals surface area contributed by atoms with Gasteiger partial charge in [0.05, 0.1) is 11.0 Å². The summed E-state index contributed by atoms with van der Waals surface area (Å²) in [5.41, 5.74) is 13.7. The summed E-state index contributed by atoms with van der Waals surface area (Å²) in [6.07, 6.45) is 5.52. The van der Waals surface area contributed by atoms with Crippen LogP contribution in [0.4, 0.5) is 0 Å². The van der Waals surface area contributed by atoms with Crippen molar-refractivity contribution in [2.24, 2.45) is 5.73 Å². The maximum atomic E-state index is 13.1. The monoisotopic (exact) mass is 386 g/mol. The lowest BCUT2D eigenvalue weighted by Crippen LogP contribution is -2.13. The highest BCUT2D eigenvalue weighted by atomic mass is 16.1. The molecule has 3 N–H and O–H groups in total. The van der Waals surface area contributed by atoms with Crippen LogP contribution in [0.2, 0.25) is 0 Å². The Labute approximate surface area is 169 Å². The molecule has 1 aliphatic rings. The molecule has 0 aliphatic heterocycles. The molecule has 2 heterocycles. The minimum absolute atomic E-state index is 0.127. The van der Waals surface area contributed by atoms with Crippen LogP contribution < -0.4 is 11.3 Å². The molecule has 2 aromatic carbocycles. The fraction of sp³-hybridized carbons (Fsp3) is 0.333. The lowest BCUT2D eigenvalue weighted by molar-refractivity contribution is 0.657. The van der Waals surface area contributed by atoms with Gasteiger partial charge in [-0.15, -0.1) is 0 Å². The van der Waals surface area contributed by atoms with Gasteiger partial charge in [0.15, 0.2) is 0 Å². The minimum Gasteiger partial charge on any atom is -0.344 e. The summed E-state index contributed by atoms with van der Waals surface area (Å²) < 4.78 is 2.26. The molecule has 0 atom stereocenters. The molecule has 4 aromatic rings. The third-order valence-electron chi connectivity index (χ3n) is 6.21. The summed E-state index contributed by atoms with van der Waals surface area (Å²) in [5, 5.41) is 1.07. The molecule has 0 saturated heterocycles. The maximum absolute atomic E-state index is 13.1. The number of fused-ring (bicyclic) bond motifs is 3. The first-order valence-corrected chi connectivity index (χ1v) is 10.5. The van der Waals surface area contributed by atoms with Gasteiger partial charge in [0, 0.05) is 28.7 Å². The summed E-state index contributed by atoms with van der Waals surface area (Å²) in [4.78, 5) is 21.1. The van der Waals surface area contributed by atoms with Crippen molar-refractivity contribution in [2.45, 2.75) is 45.6 Å². The van der Waals surface area contributed by atoms with E-state index in [1.54, 1.807) is 0 Å². The number of H-pyrrole nitrogens is 1. The Morgan fingerprint density at radius 3 is 2.69 bits per heavy atom. The molecule has 0 spiro atoms.